The molecule has 0 radical (unpaired) electrons. The minimum absolute atomic E-state index is 0.0590. The molecule has 3 heteroatoms. The van der Waals surface area contributed by atoms with E-state index >= 15 is 0 Å². The Morgan fingerprint density at radius 2 is 1.89 bits per heavy atom. The topological polar surface area (TPSA) is 27.7 Å². The third-order valence-corrected chi connectivity index (χ3v) is 7.34. The molecular formula is C24H30O3. The van der Waals surface area contributed by atoms with Gasteiger partial charge in [0.1, 0.15) is 18.0 Å². The van der Waals surface area contributed by atoms with Gasteiger partial charge in [0.2, 0.25) is 0 Å². The van der Waals surface area contributed by atoms with Gasteiger partial charge in [0, 0.05) is 5.41 Å². The molecule has 144 valence electrons. The van der Waals surface area contributed by atoms with E-state index in [-0.39, 0.29) is 17.6 Å². The second-order valence-electron chi connectivity index (χ2n) is 8.41. The molecule has 0 amide bonds. The van der Waals surface area contributed by atoms with Crippen LogP contribution >= 0.6 is 0 Å². The van der Waals surface area contributed by atoms with Gasteiger partial charge in [-0.25, -0.2) is 0 Å². The molecule has 27 heavy (non-hydrogen) atoms. The van der Waals surface area contributed by atoms with E-state index < -0.39 is 0 Å². The Labute approximate surface area is 162 Å². The SMILES string of the molecule is C=COc1ccc2c(c1)CC[C@@H]1[C@@H]2CC[C@@]2(C)[C@H]1C[C@@H](OC=C)[C@@H]2OC=C. The molecule has 0 N–H and O–H groups in total. The van der Waals surface area contributed by atoms with Crippen molar-refractivity contribution in [1.82, 2.24) is 0 Å². The maximum Gasteiger partial charge on any atom is 0.140 e. The van der Waals surface area contributed by atoms with Crippen LogP contribution in [0.25, 0.3) is 0 Å². The van der Waals surface area contributed by atoms with Crippen LogP contribution in [-0.2, 0) is 15.9 Å². The summed E-state index contributed by atoms with van der Waals surface area (Å²) in [5.74, 6) is 2.79. The van der Waals surface area contributed by atoms with Gasteiger partial charge < -0.3 is 14.2 Å². The second kappa shape index (κ2) is 7.10. The third-order valence-electron chi connectivity index (χ3n) is 7.34. The first-order valence-corrected chi connectivity index (χ1v) is 10.1. The maximum atomic E-state index is 6.00. The lowest BCUT2D eigenvalue weighted by Crippen LogP contribution is -2.45. The molecule has 0 aromatic heterocycles. The van der Waals surface area contributed by atoms with Crippen LogP contribution in [0.4, 0.5) is 0 Å². The van der Waals surface area contributed by atoms with E-state index in [2.05, 4.69) is 44.9 Å². The molecule has 0 aliphatic heterocycles. The van der Waals surface area contributed by atoms with Crippen molar-refractivity contribution in [2.45, 2.75) is 57.2 Å². The van der Waals surface area contributed by atoms with Gasteiger partial charge in [-0.2, -0.15) is 0 Å². The number of hydrogen-bond donors (Lipinski definition) is 0. The molecule has 0 heterocycles. The zero-order chi connectivity index (χ0) is 19.0. The molecule has 6 atom stereocenters. The van der Waals surface area contributed by atoms with Gasteiger partial charge in [-0.15, -0.1) is 0 Å². The van der Waals surface area contributed by atoms with Gasteiger partial charge in [-0.3, -0.25) is 0 Å². The molecule has 0 saturated heterocycles. The average Bonchev–Trinajstić information content (AvgIpc) is 2.94. The predicted molar refractivity (Wildman–Crippen MR) is 107 cm³/mol. The van der Waals surface area contributed by atoms with Crippen molar-refractivity contribution in [3.05, 3.63) is 67.8 Å². The number of aryl methyl sites for hydroxylation is 1. The molecule has 2 saturated carbocycles. The van der Waals surface area contributed by atoms with Crippen molar-refractivity contribution in [2.75, 3.05) is 0 Å². The Bertz CT molecular complexity index is 739. The second-order valence-corrected chi connectivity index (χ2v) is 8.41. The van der Waals surface area contributed by atoms with Crippen LogP contribution < -0.4 is 4.74 Å². The van der Waals surface area contributed by atoms with Gasteiger partial charge in [0.25, 0.3) is 0 Å². The van der Waals surface area contributed by atoms with Gasteiger partial charge in [-0.05, 0) is 73.1 Å². The molecule has 1 aromatic carbocycles. The fourth-order valence-electron chi connectivity index (χ4n) is 6.27. The zero-order valence-electron chi connectivity index (χ0n) is 16.2. The average molecular weight is 367 g/mol. The number of rotatable bonds is 6. The molecule has 3 aliphatic rings. The summed E-state index contributed by atoms with van der Waals surface area (Å²) in [6, 6.07) is 6.56. The lowest BCUT2D eigenvalue weighted by atomic mass is 9.55. The van der Waals surface area contributed by atoms with Crippen LogP contribution in [0.5, 0.6) is 5.75 Å². The van der Waals surface area contributed by atoms with Crippen LogP contribution in [0, 0.1) is 17.3 Å². The molecule has 4 rings (SSSR count). The molecule has 0 spiro atoms. The number of benzene rings is 1. The lowest BCUT2D eigenvalue weighted by molar-refractivity contribution is -0.0603. The minimum atomic E-state index is 0.0590. The highest BCUT2D eigenvalue weighted by molar-refractivity contribution is 5.41. The number of fused-ring (bicyclic) bond motifs is 5. The van der Waals surface area contributed by atoms with Gasteiger partial charge >= 0.3 is 0 Å². The quantitative estimate of drug-likeness (QED) is 0.602. The molecular weight excluding hydrogens is 336 g/mol. The van der Waals surface area contributed by atoms with E-state index in [9.17, 15) is 0 Å². The lowest BCUT2D eigenvalue weighted by Gasteiger charge is -2.50. The van der Waals surface area contributed by atoms with Crippen molar-refractivity contribution < 1.29 is 14.2 Å². The van der Waals surface area contributed by atoms with E-state index in [0.29, 0.717) is 17.8 Å². The molecule has 0 unspecified atom stereocenters. The fourth-order valence-corrected chi connectivity index (χ4v) is 6.27. The monoisotopic (exact) mass is 366 g/mol. The van der Waals surface area contributed by atoms with Gasteiger partial charge in [-0.1, -0.05) is 32.7 Å². The summed E-state index contributed by atoms with van der Waals surface area (Å²) in [4.78, 5) is 0. The van der Waals surface area contributed by atoms with Crippen LogP contribution in [0.2, 0.25) is 0 Å². The number of hydrogen-bond acceptors (Lipinski definition) is 3. The number of ether oxygens (including phenoxy) is 3. The van der Waals surface area contributed by atoms with Crippen molar-refractivity contribution in [1.29, 1.82) is 0 Å². The Hall–Kier alpha value is -2.16. The summed E-state index contributed by atoms with van der Waals surface area (Å²) < 4.78 is 17.4. The van der Waals surface area contributed by atoms with E-state index in [0.717, 1.165) is 25.0 Å². The zero-order valence-corrected chi connectivity index (χ0v) is 16.2. The van der Waals surface area contributed by atoms with E-state index in [1.807, 2.05) is 0 Å². The van der Waals surface area contributed by atoms with Gasteiger partial charge in [0.15, 0.2) is 0 Å². The maximum absolute atomic E-state index is 6.00. The summed E-state index contributed by atoms with van der Waals surface area (Å²) in [7, 11) is 0. The van der Waals surface area contributed by atoms with Crippen molar-refractivity contribution in [2.24, 2.45) is 17.3 Å². The van der Waals surface area contributed by atoms with Crippen molar-refractivity contribution >= 4 is 0 Å². The standard InChI is InChI=1S/C24H30O3/c1-5-25-17-9-11-18-16(14-17)8-10-20-19(18)12-13-24(4)21(20)15-22(26-6-2)23(24)27-7-3/h5-7,9,11,14,19-23H,1-3,8,10,12-13,15H2,4H3/t19-,20-,21+,22-,23+,24+/m1/s1. The largest absolute Gasteiger partial charge is 0.495 e. The predicted octanol–water partition coefficient (Wildman–Crippen LogP) is 5.73. The van der Waals surface area contributed by atoms with Crippen molar-refractivity contribution in [3.8, 4) is 5.75 Å². The van der Waals surface area contributed by atoms with E-state index in [1.165, 1.54) is 30.2 Å². The summed E-state index contributed by atoms with van der Waals surface area (Å²) in [5, 5.41) is 0. The van der Waals surface area contributed by atoms with Crippen LogP contribution in [0.1, 0.15) is 49.7 Å². The van der Waals surface area contributed by atoms with Crippen LogP contribution in [0.15, 0.2) is 56.7 Å². The Morgan fingerprint density at radius 3 is 2.63 bits per heavy atom. The summed E-state index contributed by atoms with van der Waals surface area (Å²) in [5.41, 5.74) is 3.08. The van der Waals surface area contributed by atoms with E-state index in [1.54, 1.807) is 12.5 Å². The highest BCUT2D eigenvalue weighted by Crippen LogP contribution is 2.62. The summed E-state index contributed by atoms with van der Waals surface area (Å²) >= 11 is 0. The minimum Gasteiger partial charge on any atom is -0.495 e. The smallest absolute Gasteiger partial charge is 0.140 e. The molecule has 3 nitrogen and oxygen atoms in total. The molecule has 3 aliphatic carbocycles. The summed E-state index contributed by atoms with van der Waals surface area (Å²) in [6.07, 6.45) is 10.5. The first-order valence-electron chi connectivity index (χ1n) is 10.1. The van der Waals surface area contributed by atoms with Crippen LogP contribution in [-0.4, -0.2) is 12.2 Å². The first kappa shape index (κ1) is 18.2. The first-order chi connectivity index (χ1) is 13.1. The highest BCUT2D eigenvalue weighted by atomic mass is 16.5. The fraction of sp³-hybridized carbons (Fsp3) is 0.500. The highest BCUT2D eigenvalue weighted by Gasteiger charge is 2.60. The molecule has 0 bridgehead atoms. The Kier molecular flexibility index (Phi) is 4.79. The molecule has 2 fully saturated rings. The molecule has 1 aromatic rings. The Balaban J connectivity index is 1.64. The van der Waals surface area contributed by atoms with Crippen LogP contribution in [0.3, 0.4) is 0 Å². The van der Waals surface area contributed by atoms with Crippen molar-refractivity contribution in [3.63, 3.8) is 0 Å². The summed E-state index contributed by atoms with van der Waals surface area (Å²) in [6.45, 7) is 13.6. The Morgan fingerprint density at radius 1 is 1.07 bits per heavy atom. The third kappa shape index (κ3) is 2.88. The van der Waals surface area contributed by atoms with Gasteiger partial charge in [0.05, 0.1) is 18.8 Å². The van der Waals surface area contributed by atoms with E-state index in [4.69, 9.17) is 14.2 Å². The normalized spacial score (nSPS) is 36.6.